The van der Waals surface area contributed by atoms with Crippen molar-refractivity contribution in [3.8, 4) is 0 Å². The zero-order valence-electron chi connectivity index (χ0n) is 8.79. The number of nitrogen functional groups attached to an aromatic ring is 1. The van der Waals surface area contributed by atoms with Crippen LogP contribution in [0.1, 0.15) is 5.56 Å². The van der Waals surface area contributed by atoms with Crippen molar-refractivity contribution in [3.05, 3.63) is 23.5 Å². The fraction of sp³-hybridized carbons (Fsp3) is 0.455. The Hall–Kier alpha value is -0.900. The van der Waals surface area contributed by atoms with E-state index in [1.807, 2.05) is 17.8 Å². The molecule has 1 fully saturated rings. The van der Waals surface area contributed by atoms with Crippen LogP contribution >= 0.6 is 11.8 Å². The molecule has 0 unspecified atom stereocenters. The summed E-state index contributed by atoms with van der Waals surface area (Å²) in [5, 5.41) is 0. The summed E-state index contributed by atoms with van der Waals surface area (Å²) in [7, 11) is 0. The third-order valence-corrected chi connectivity index (χ3v) is 3.60. The summed E-state index contributed by atoms with van der Waals surface area (Å²) in [4.78, 5) is 2.23. The van der Waals surface area contributed by atoms with Crippen LogP contribution in [-0.2, 0) is 0 Å². The van der Waals surface area contributed by atoms with Crippen LogP contribution in [0, 0.1) is 12.7 Å². The van der Waals surface area contributed by atoms with E-state index in [1.165, 1.54) is 6.07 Å². The zero-order chi connectivity index (χ0) is 10.8. The van der Waals surface area contributed by atoms with E-state index in [2.05, 4.69) is 4.90 Å². The number of nitrogens with two attached hydrogens (primary N) is 1. The standard InChI is InChI=1S/C11H15FN2S/c1-8-6-11(10(13)7-9(8)12)14-2-4-15-5-3-14/h6-7H,2-5,13H2,1H3. The van der Waals surface area contributed by atoms with Crippen LogP contribution in [0.5, 0.6) is 0 Å². The number of hydrogen-bond donors (Lipinski definition) is 1. The fourth-order valence-electron chi connectivity index (χ4n) is 1.76. The molecule has 2 N–H and O–H groups in total. The summed E-state index contributed by atoms with van der Waals surface area (Å²) in [6.07, 6.45) is 0. The molecular formula is C11H15FN2S. The van der Waals surface area contributed by atoms with E-state index in [0.717, 1.165) is 30.3 Å². The van der Waals surface area contributed by atoms with Crippen molar-refractivity contribution < 1.29 is 4.39 Å². The van der Waals surface area contributed by atoms with Gasteiger partial charge < -0.3 is 10.6 Å². The highest BCUT2D eigenvalue weighted by Gasteiger charge is 2.15. The summed E-state index contributed by atoms with van der Waals surface area (Å²) in [6, 6.07) is 3.27. The van der Waals surface area contributed by atoms with E-state index in [-0.39, 0.29) is 5.82 Å². The van der Waals surface area contributed by atoms with Crippen LogP contribution < -0.4 is 10.6 Å². The minimum absolute atomic E-state index is 0.220. The lowest BCUT2D eigenvalue weighted by Crippen LogP contribution is -2.33. The average molecular weight is 226 g/mol. The van der Waals surface area contributed by atoms with Crippen molar-refractivity contribution in [1.29, 1.82) is 0 Å². The lowest BCUT2D eigenvalue weighted by molar-refractivity contribution is 0.619. The molecule has 82 valence electrons. The summed E-state index contributed by atoms with van der Waals surface area (Å²) in [5.74, 6) is 2.02. The predicted octanol–water partition coefficient (Wildman–Crippen LogP) is 2.27. The Balaban J connectivity index is 2.30. The first kappa shape index (κ1) is 10.6. The van der Waals surface area contributed by atoms with Crippen molar-refractivity contribution in [2.45, 2.75) is 6.92 Å². The molecule has 0 radical (unpaired) electrons. The normalized spacial score (nSPS) is 16.8. The molecule has 1 aromatic carbocycles. The van der Waals surface area contributed by atoms with Crippen LogP contribution in [0.3, 0.4) is 0 Å². The predicted molar refractivity (Wildman–Crippen MR) is 65.1 cm³/mol. The van der Waals surface area contributed by atoms with E-state index in [0.29, 0.717) is 11.3 Å². The maximum atomic E-state index is 13.2. The molecule has 15 heavy (non-hydrogen) atoms. The molecule has 0 aromatic heterocycles. The molecule has 4 heteroatoms. The van der Waals surface area contributed by atoms with E-state index >= 15 is 0 Å². The van der Waals surface area contributed by atoms with Gasteiger partial charge in [0, 0.05) is 24.6 Å². The van der Waals surface area contributed by atoms with Crippen LogP contribution in [0.4, 0.5) is 15.8 Å². The number of halogens is 1. The first-order valence-electron chi connectivity index (χ1n) is 5.07. The van der Waals surface area contributed by atoms with Crippen molar-refractivity contribution >= 4 is 23.1 Å². The molecule has 2 rings (SSSR count). The molecule has 0 saturated carbocycles. The summed E-state index contributed by atoms with van der Waals surface area (Å²) >= 11 is 1.95. The van der Waals surface area contributed by atoms with E-state index in [9.17, 15) is 4.39 Å². The molecule has 0 amide bonds. The van der Waals surface area contributed by atoms with Gasteiger partial charge in [-0.2, -0.15) is 11.8 Å². The van der Waals surface area contributed by atoms with Gasteiger partial charge in [-0.25, -0.2) is 4.39 Å². The van der Waals surface area contributed by atoms with Gasteiger partial charge in [0.15, 0.2) is 0 Å². The zero-order valence-corrected chi connectivity index (χ0v) is 9.61. The van der Waals surface area contributed by atoms with Gasteiger partial charge in [-0.15, -0.1) is 0 Å². The Morgan fingerprint density at radius 3 is 2.67 bits per heavy atom. The molecule has 2 nitrogen and oxygen atoms in total. The fourth-order valence-corrected chi connectivity index (χ4v) is 2.66. The summed E-state index contributed by atoms with van der Waals surface area (Å²) in [5.41, 5.74) is 8.02. The third-order valence-electron chi connectivity index (χ3n) is 2.66. The Morgan fingerprint density at radius 2 is 2.00 bits per heavy atom. The van der Waals surface area contributed by atoms with E-state index in [4.69, 9.17) is 5.73 Å². The second-order valence-electron chi connectivity index (χ2n) is 3.76. The lowest BCUT2D eigenvalue weighted by Gasteiger charge is -2.29. The smallest absolute Gasteiger partial charge is 0.128 e. The van der Waals surface area contributed by atoms with Crippen molar-refractivity contribution in [3.63, 3.8) is 0 Å². The van der Waals surface area contributed by atoms with Crippen molar-refractivity contribution in [2.24, 2.45) is 0 Å². The number of aryl methyl sites for hydroxylation is 1. The second-order valence-corrected chi connectivity index (χ2v) is 4.98. The highest BCUT2D eigenvalue weighted by atomic mass is 32.2. The first-order chi connectivity index (χ1) is 7.18. The largest absolute Gasteiger partial charge is 0.397 e. The van der Waals surface area contributed by atoms with Gasteiger partial charge in [-0.3, -0.25) is 0 Å². The average Bonchev–Trinajstić information content (AvgIpc) is 2.25. The van der Waals surface area contributed by atoms with Gasteiger partial charge >= 0.3 is 0 Å². The highest BCUT2D eigenvalue weighted by molar-refractivity contribution is 7.99. The van der Waals surface area contributed by atoms with Gasteiger partial charge in [-0.05, 0) is 24.6 Å². The number of benzene rings is 1. The molecule has 1 aliphatic heterocycles. The van der Waals surface area contributed by atoms with Crippen LogP contribution in [0.2, 0.25) is 0 Å². The van der Waals surface area contributed by atoms with E-state index in [1.54, 1.807) is 6.92 Å². The van der Waals surface area contributed by atoms with Crippen LogP contribution in [-0.4, -0.2) is 24.6 Å². The molecule has 0 atom stereocenters. The minimum atomic E-state index is -0.220. The highest BCUT2D eigenvalue weighted by Crippen LogP contribution is 2.28. The monoisotopic (exact) mass is 226 g/mol. The van der Waals surface area contributed by atoms with Gasteiger partial charge in [0.2, 0.25) is 0 Å². The maximum Gasteiger partial charge on any atom is 0.128 e. The van der Waals surface area contributed by atoms with Crippen molar-refractivity contribution in [2.75, 3.05) is 35.2 Å². The molecule has 0 bridgehead atoms. The molecule has 1 aliphatic rings. The Kier molecular flexibility index (Phi) is 3.05. The summed E-state index contributed by atoms with van der Waals surface area (Å²) < 4.78 is 13.2. The number of anilines is 2. The molecule has 0 aliphatic carbocycles. The molecule has 1 aromatic rings. The van der Waals surface area contributed by atoms with E-state index < -0.39 is 0 Å². The topological polar surface area (TPSA) is 29.3 Å². The second kappa shape index (κ2) is 4.31. The number of nitrogens with zero attached hydrogens (tertiary/aromatic N) is 1. The van der Waals surface area contributed by atoms with Gasteiger partial charge in [0.25, 0.3) is 0 Å². The van der Waals surface area contributed by atoms with Crippen molar-refractivity contribution in [1.82, 2.24) is 0 Å². The van der Waals surface area contributed by atoms with Gasteiger partial charge in [0.1, 0.15) is 5.82 Å². The third kappa shape index (κ3) is 2.20. The van der Waals surface area contributed by atoms with Gasteiger partial charge in [0.05, 0.1) is 11.4 Å². The summed E-state index contributed by atoms with van der Waals surface area (Å²) in [6.45, 7) is 3.77. The Bertz CT molecular complexity index is 362. The molecular weight excluding hydrogens is 211 g/mol. The van der Waals surface area contributed by atoms with Gasteiger partial charge in [-0.1, -0.05) is 0 Å². The lowest BCUT2D eigenvalue weighted by atomic mass is 10.1. The number of hydrogen-bond acceptors (Lipinski definition) is 3. The Labute approximate surface area is 93.6 Å². The molecule has 1 heterocycles. The Morgan fingerprint density at radius 1 is 1.33 bits per heavy atom. The molecule has 0 spiro atoms. The maximum absolute atomic E-state index is 13.2. The van der Waals surface area contributed by atoms with Crippen LogP contribution in [0.15, 0.2) is 12.1 Å². The quantitative estimate of drug-likeness (QED) is 0.745. The number of thioether (sulfide) groups is 1. The first-order valence-corrected chi connectivity index (χ1v) is 6.22. The minimum Gasteiger partial charge on any atom is -0.397 e. The van der Waals surface area contributed by atoms with Crippen LogP contribution in [0.25, 0.3) is 0 Å². The SMILES string of the molecule is Cc1cc(N2CCSCC2)c(N)cc1F. The molecule has 1 saturated heterocycles. The number of rotatable bonds is 1.